The molecule has 0 aliphatic rings. The minimum Gasteiger partial charge on any atom is -0.361 e. The van der Waals surface area contributed by atoms with E-state index in [0.29, 0.717) is 6.54 Å². The number of carbonyl (C=O) groups is 1. The van der Waals surface area contributed by atoms with Crippen LogP contribution >= 0.6 is 12.4 Å². The van der Waals surface area contributed by atoms with Gasteiger partial charge >= 0.3 is 0 Å². The summed E-state index contributed by atoms with van der Waals surface area (Å²) in [5.41, 5.74) is 7.39. The van der Waals surface area contributed by atoms with E-state index >= 15 is 0 Å². The molecular formula is C11H20ClN3O2. The summed E-state index contributed by atoms with van der Waals surface area (Å²) in [5, 5.41) is 6.68. The molecule has 0 saturated carbocycles. The molecule has 0 aromatic carbocycles. The predicted octanol–water partition coefficient (Wildman–Crippen LogP) is 1.28. The first kappa shape index (κ1) is 15.9. The van der Waals surface area contributed by atoms with Crippen LogP contribution in [0.3, 0.4) is 0 Å². The van der Waals surface area contributed by atoms with Gasteiger partial charge in [-0.05, 0) is 20.8 Å². The van der Waals surface area contributed by atoms with Crippen LogP contribution in [0.15, 0.2) is 4.52 Å². The van der Waals surface area contributed by atoms with E-state index in [1.807, 2.05) is 20.8 Å². The fourth-order valence-corrected chi connectivity index (χ4v) is 1.71. The Morgan fingerprint density at radius 1 is 1.47 bits per heavy atom. The summed E-state index contributed by atoms with van der Waals surface area (Å²) < 4.78 is 5.08. The van der Waals surface area contributed by atoms with Crippen molar-refractivity contribution in [2.24, 2.45) is 5.73 Å². The van der Waals surface area contributed by atoms with E-state index in [2.05, 4.69) is 10.5 Å². The highest BCUT2D eigenvalue weighted by Gasteiger charge is 2.17. The molecule has 0 bridgehead atoms. The summed E-state index contributed by atoms with van der Waals surface area (Å²) in [7, 11) is 0. The number of aryl methyl sites for hydroxylation is 2. The van der Waals surface area contributed by atoms with Crippen LogP contribution in [-0.4, -0.2) is 23.7 Å². The molecule has 5 nitrogen and oxygen atoms in total. The highest BCUT2D eigenvalue weighted by atomic mass is 35.5. The van der Waals surface area contributed by atoms with Gasteiger partial charge < -0.3 is 15.6 Å². The van der Waals surface area contributed by atoms with Crippen LogP contribution < -0.4 is 11.1 Å². The molecule has 1 heterocycles. The molecule has 0 fully saturated rings. The molecule has 0 spiro atoms. The molecule has 0 radical (unpaired) electrons. The van der Waals surface area contributed by atoms with Crippen LogP contribution in [0.1, 0.15) is 36.8 Å². The standard InChI is InChI=1S/C11H19N3O2.ClH/c1-6(5-13-11(15)7(2)12)10-8(3)14-16-9(10)4;/h6-7H,5,12H2,1-4H3,(H,13,15);1H/t6?,7-;/m1./s1. The summed E-state index contributed by atoms with van der Waals surface area (Å²) in [6, 6.07) is -0.475. The highest BCUT2D eigenvalue weighted by Crippen LogP contribution is 2.22. The smallest absolute Gasteiger partial charge is 0.236 e. The van der Waals surface area contributed by atoms with E-state index in [-0.39, 0.29) is 24.2 Å². The maximum Gasteiger partial charge on any atom is 0.236 e. The fourth-order valence-electron chi connectivity index (χ4n) is 1.71. The lowest BCUT2D eigenvalue weighted by Crippen LogP contribution is -2.39. The predicted molar refractivity (Wildman–Crippen MR) is 68.3 cm³/mol. The summed E-state index contributed by atoms with van der Waals surface area (Å²) in [4.78, 5) is 11.3. The van der Waals surface area contributed by atoms with Crippen molar-refractivity contribution in [3.8, 4) is 0 Å². The monoisotopic (exact) mass is 261 g/mol. The molecule has 0 aliphatic heterocycles. The van der Waals surface area contributed by atoms with E-state index in [1.54, 1.807) is 6.92 Å². The van der Waals surface area contributed by atoms with Crippen LogP contribution in [0.4, 0.5) is 0 Å². The average Bonchev–Trinajstić information content (AvgIpc) is 2.54. The van der Waals surface area contributed by atoms with E-state index in [9.17, 15) is 4.79 Å². The summed E-state index contributed by atoms with van der Waals surface area (Å²) in [6.45, 7) is 8.00. The number of nitrogens with two attached hydrogens (primary N) is 1. The number of nitrogens with zero attached hydrogens (tertiary/aromatic N) is 1. The third kappa shape index (κ3) is 4.02. The third-order valence-corrected chi connectivity index (χ3v) is 2.58. The maximum atomic E-state index is 11.3. The van der Waals surface area contributed by atoms with Crippen molar-refractivity contribution >= 4 is 18.3 Å². The molecule has 1 amide bonds. The van der Waals surface area contributed by atoms with Gasteiger partial charge in [0.1, 0.15) is 5.76 Å². The van der Waals surface area contributed by atoms with E-state index in [1.165, 1.54) is 0 Å². The third-order valence-electron chi connectivity index (χ3n) is 2.58. The van der Waals surface area contributed by atoms with Gasteiger partial charge in [-0.25, -0.2) is 0 Å². The number of hydrogen-bond acceptors (Lipinski definition) is 4. The molecule has 1 aromatic rings. The van der Waals surface area contributed by atoms with Crippen molar-refractivity contribution in [2.75, 3.05) is 6.54 Å². The van der Waals surface area contributed by atoms with Gasteiger partial charge in [0.15, 0.2) is 0 Å². The Labute approximate surface area is 108 Å². The molecule has 1 unspecified atom stereocenters. The van der Waals surface area contributed by atoms with Gasteiger partial charge in [-0.1, -0.05) is 12.1 Å². The van der Waals surface area contributed by atoms with Gasteiger partial charge in [0.05, 0.1) is 11.7 Å². The van der Waals surface area contributed by atoms with Gasteiger partial charge in [-0.3, -0.25) is 4.79 Å². The Balaban J connectivity index is 0.00000256. The molecule has 98 valence electrons. The minimum atomic E-state index is -0.475. The van der Waals surface area contributed by atoms with Crippen molar-refractivity contribution in [2.45, 2.75) is 39.7 Å². The number of rotatable bonds is 4. The molecular weight excluding hydrogens is 242 g/mol. The summed E-state index contributed by atoms with van der Waals surface area (Å²) in [5.74, 6) is 0.840. The number of carbonyl (C=O) groups excluding carboxylic acids is 1. The quantitative estimate of drug-likeness (QED) is 0.856. The number of hydrogen-bond donors (Lipinski definition) is 2. The Hall–Kier alpha value is -1.07. The zero-order valence-electron chi connectivity index (χ0n) is 10.6. The second kappa shape index (κ2) is 6.61. The molecule has 0 aliphatic carbocycles. The summed E-state index contributed by atoms with van der Waals surface area (Å²) in [6.07, 6.45) is 0. The second-order valence-corrected chi connectivity index (χ2v) is 4.17. The number of aromatic nitrogens is 1. The lowest BCUT2D eigenvalue weighted by atomic mass is 9.99. The van der Waals surface area contributed by atoms with E-state index in [4.69, 9.17) is 10.3 Å². The van der Waals surface area contributed by atoms with Gasteiger partial charge in [-0.15, -0.1) is 12.4 Å². The Kier molecular flexibility index (Phi) is 6.20. The molecule has 6 heteroatoms. The zero-order chi connectivity index (χ0) is 12.3. The zero-order valence-corrected chi connectivity index (χ0v) is 11.4. The van der Waals surface area contributed by atoms with E-state index in [0.717, 1.165) is 17.0 Å². The van der Waals surface area contributed by atoms with Crippen molar-refractivity contribution in [3.05, 3.63) is 17.0 Å². The lowest BCUT2D eigenvalue weighted by molar-refractivity contribution is -0.122. The first-order chi connectivity index (χ1) is 7.43. The van der Waals surface area contributed by atoms with Crippen LogP contribution in [0.25, 0.3) is 0 Å². The Morgan fingerprint density at radius 3 is 2.47 bits per heavy atom. The number of amides is 1. The first-order valence-electron chi connectivity index (χ1n) is 5.39. The number of halogens is 1. The van der Waals surface area contributed by atoms with Crippen LogP contribution in [0.5, 0.6) is 0 Å². The van der Waals surface area contributed by atoms with Crippen LogP contribution in [0, 0.1) is 13.8 Å². The van der Waals surface area contributed by atoms with Crippen molar-refractivity contribution in [3.63, 3.8) is 0 Å². The molecule has 0 saturated heterocycles. The van der Waals surface area contributed by atoms with Gasteiger partial charge in [0, 0.05) is 18.0 Å². The molecule has 1 aromatic heterocycles. The Morgan fingerprint density at radius 2 is 2.06 bits per heavy atom. The topological polar surface area (TPSA) is 81.2 Å². The SMILES string of the molecule is Cc1noc(C)c1C(C)CNC(=O)[C@@H](C)N.Cl. The van der Waals surface area contributed by atoms with Crippen molar-refractivity contribution in [1.82, 2.24) is 10.5 Å². The molecule has 3 N–H and O–H groups in total. The largest absolute Gasteiger partial charge is 0.361 e. The first-order valence-corrected chi connectivity index (χ1v) is 5.39. The summed E-state index contributed by atoms with van der Waals surface area (Å²) >= 11 is 0. The molecule has 2 atom stereocenters. The number of nitrogens with one attached hydrogen (secondary N) is 1. The fraction of sp³-hybridized carbons (Fsp3) is 0.636. The van der Waals surface area contributed by atoms with E-state index < -0.39 is 6.04 Å². The van der Waals surface area contributed by atoms with Crippen molar-refractivity contribution < 1.29 is 9.32 Å². The lowest BCUT2D eigenvalue weighted by Gasteiger charge is -2.13. The normalized spacial score (nSPS) is 13.7. The van der Waals surface area contributed by atoms with Gasteiger partial charge in [0.25, 0.3) is 0 Å². The van der Waals surface area contributed by atoms with Crippen LogP contribution in [-0.2, 0) is 4.79 Å². The maximum absolute atomic E-state index is 11.3. The van der Waals surface area contributed by atoms with Crippen molar-refractivity contribution in [1.29, 1.82) is 0 Å². The van der Waals surface area contributed by atoms with Crippen LogP contribution in [0.2, 0.25) is 0 Å². The molecule has 1 rings (SSSR count). The average molecular weight is 262 g/mol. The highest BCUT2D eigenvalue weighted by molar-refractivity contribution is 5.85. The van der Waals surface area contributed by atoms with Gasteiger partial charge in [-0.2, -0.15) is 0 Å². The Bertz CT molecular complexity index is 357. The second-order valence-electron chi connectivity index (χ2n) is 4.17. The minimum absolute atomic E-state index is 0. The van der Waals surface area contributed by atoms with Gasteiger partial charge in [0.2, 0.25) is 5.91 Å². The molecule has 17 heavy (non-hydrogen) atoms.